The second kappa shape index (κ2) is 6.70. The van der Waals surface area contributed by atoms with Crippen molar-refractivity contribution in [1.29, 1.82) is 0 Å². The molecule has 1 amide bonds. The van der Waals surface area contributed by atoms with Gasteiger partial charge in [0.25, 0.3) is 0 Å². The molecule has 0 aliphatic heterocycles. The van der Waals surface area contributed by atoms with Crippen molar-refractivity contribution in [2.24, 2.45) is 12.5 Å². The Morgan fingerprint density at radius 2 is 2.25 bits per heavy atom. The number of hydrogen-bond acceptors (Lipinski definition) is 3. The molecular formula is C15H23N3O2. The van der Waals surface area contributed by atoms with Crippen molar-refractivity contribution < 1.29 is 9.90 Å². The Bertz CT molecular complexity index is 473. The summed E-state index contributed by atoms with van der Waals surface area (Å²) in [5.74, 6) is -0.118. The summed E-state index contributed by atoms with van der Waals surface area (Å²) in [6.07, 6.45) is 12.3. The highest BCUT2D eigenvalue weighted by molar-refractivity contribution is 5.91. The molecule has 0 radical (unpaired) electrons. The second-order valence-corrected chi connectivity index (χ2v) is 5.72. The quantitative estimate of drug-likeness (QED) is 0.801. The van der Waals surface area contributed by atoms with Crippen LogP contribution in [0.4, 0.5) is 0 Å². The maximum Gasteiger partial charge on any atom is 0.244 e. The molecule has 2 N–H and O–H groups in total. The maximum absolute atomic E-state index is 11.8. The van der Waals surface area contributed by atoms with Gasteiger partial charge >= 0.3 is 0 Å². The maximum atomic E-state index is 11.8. The summed E-state index contributed by atoms with van der Waals surface area (Å²) in [6.45, 7) is 0.708. The molecule has 0 aromatic carbocycles. The van der Waals surface area contributed by atoms with Gasteiger partial charge < -0.3 is 10.4 Å². The van der Waals surface area contributed by atoms with E-state index in [9.17, 15) is 9.90 Å². The normalized spacial score (nSPS) is 18.3. The fraction of sp³-hybridized carbons (Fsp3) is 0.600. The van der Waals surface area contributed by atoms with E-state index in [1.165, 1.54) is 12.5 Å². The van der Waals surface area contributed by atoms with E-state index in [4.69, 9.17) is 0 Å². The highest BCUT2D eigenvalue weighted by Crippen LogP contribution is 2.35. The SMILES string of the molecule is Cn1cc(/C=C/C(=O)NCC2(CO)CCCCC2)cn1. The van der Waals surface area contributed by atoms with Crippen LogP contribution in [0.15, 0.2) is 18.5 Å². The summed E-state index contributed by atoms with van der Waals surface area (Å²) < 4.78 is 1.69. The van der Waals surface area contributed by atoms with Crippen LogP contribution in [0, 0.1) is 5.41 Å². The minimum Gasteiger partial charge on any atom is -0.396 e. The molecule has 1 saturated carbocycles. The third-order valence-corrected chi connectivity index (χ3v) is 4.04. The Morgan fingerprint density at radius 3 is 2.85 bits per heavy atom. The molecule has 5 heteroatoms. The monoisotopic (exact) mass is 277 g/mol. The molecule has 0 atom stereocenters. The number of nitrogens with one attached hydrogen (secondary N) is 1. The molecule has 110 valence electrons. The molecule has 2 rings (SSSR count). The van der Waals surface area contributed by atoms with Gasteiger partial charge in [-0.3, -0.25) is 9.48 Å². The molecule has 0 unspecified atom stereocenters. The van der Waals surface area contributed by atoms with E-state index in [0.29, 0.717) is 6.54 Å². The lowest BCUT2D eigenvalue weighted by atomic mass is 9.74. The van der Waals surface area contributed by atoms with Gasteiger partial charge in [-0.15, -0.1) is 0 Å². The van der Waals surface area contributed by atoms with Gasteiger partial charge in [0, 0.05) is 36.8 Å². The van der Waals surface area contributed by atoms with Crippen LogP contribution >= 0.6 is 0 Å². The van der Waals surface area contributed by atoms with Crippen molar-refractivity contribution >= 4 is 12.0 Å². The third-order valence-electron chi connectivity index (χ3n) is 4.04. The summed E-state index contributed by atoms with van der Waals surface area (Å²) in [5.41, 5.74) is 0.785. The summed E-state index contributed by atoms with van der Waals surface area (Å²) in [5, 5.41) is 16.5. The fourth-order valence-electron chi connectivity index (χ4n) is 2.72. The number of rotatable bonds is 5. The first-order valence-electron chi connectivity index (χ1n) is 7.19. The van der Waals surface area contributed by atoms with Gasteiger partial charge in [0.15, 0.2) is 0 Å². The lowest BCUT2D eigenvalue weighted by molar-refractivity contribution is -0.117. The van der Waals surface area contributed by atoms with Crippen LogP contribution in [-0.2, 0) is 11.8 Å². The average Bonchev–Trinajstić information content (AvgIpc) is 2.89. The first-order chi connectivity index (χ1) is 9.63. The van der Waals surface area contributed by atoms with Crippen molar-refractivity contribution in [3.8, 4) is 0 Å². The minimum atomic E-state index is -0.118. The zero-order valence-electron chi connectivity index (χ0n) is 12.0. The molecule has 20 heavy (non-hydrogen) atoms. The number of aromatic nitrogens is 2. The number of amides is 1. The van der Waals surface area contributed by atoms with Crippen molar-refractivity contribution in [2.45, 2.75) is 32.1 Å². The van der Waals surface area contributed by atoms with Crippen molar-refractivity contribution in [3.63, 3.8) is 0 Å². The first-order valence-corrected chi connectivity index (χ1v) is 7.19. The molecule has 1 aromatic rings. The van der Waals surface area contributed by atoms with Crippen LogP contribution in [0.1, 0.15) is 37.7 Å². The second-order valence-electron chi connectivity index (χ2n) is 5.72. The number of aliphatic hydroxyl groups is 1. The number of hydrogen-bond donors (Lipinski definition) is 2. The third kappa shape index (κ3) is 3.93. The van der Waals surface area contributed by atoms with E-state index < -0.39 is 0 Å². The lowest BCUT2D eigenvalue weighted by Gasteiger charge is -2.35. The Morgan fingerprint density at radius 1 is 1.50 bits per heavy atom. The predicted molar refractivity (Wildman–Crippen MR) is 77.9 cm³/mol. The van der Waals surface area contributed by atoms with Gasteiger partial charge in [0.2, 0.25) is 5.91 Å². The largest absolute Gasteiger partial charge is 0.396 e. The molecule has 0 spiro atoms. The number of nitrogens with zero attached hydrogens (tertiary/aromatic N) is 2. The molecule has 0 saturated heterocycles. The Hall–Kier alpha value is -1.62. The van der Waals surface area contributed by atoms with Gasteiger partial charge in [0.05, 0.1) is 12.8 Å². The average molecular weight is 277 g/mol. The number of aryl methyl sites for hydroxylation is 1. The van der Waals surface area contributed by atoms with Crippen LogP contribution in [0.3, 0.4) is 0 Å². The Labute approximate surface area is 119 Å². The van der Waals surface area contributed by atoms with E-state index in [0.717, 1.165) is 31.2 Å². The van der Waals surface area contributed by atoms with Crippen molar-refractivity contribution in [2.75, 3.05) is 13.2 Å². The van der Waals surface area contributed by atoms with Gasteiger partial charge in [0.1, 0.15) is 0 Å². The number of aliphatic hydroxyl groups excluding tert-OH is 1. The number of carbonyl (C=O) groups is 1. The highest BCUT2D eigenvalue weighted by atomic mass is 16.3. The van der Waals surface area contributed by atoms with Crippen LogP contribution in [-0.4, -0.2) is 33.9 Å². The smallest absolute Gasteiger partial charge is 0.244 e. The van der Waals surface area contributed by atoms with E-state index in [1.807, 2.05) is 13.2 Å². The minimum absolute atomic E-state index is 0.115. The molecule has 5 nitrogen and oxygen atoms in total. The van der Waals surface area contributed by atoms with E-state index >= 15 is 0 Å². The molecular weight excluding hydrogens is 254 g/mol. The summed E-state index contributed by atoms with van der Waals surface area (Å²) in [4.78, 5) is 11.8. The molecule has 0 bridgehead atoms. The van der Waals surface area contributed by atoms with Crippen molar-refractivity contribution in [3.05, 3.63) is 24.0 Å². The van der Waals surface area contributed by atoms with Crippen LogP contribution in [0.5, 0.6) is 0 Å². The predicted octanol–water partition coefficient (Wildman–Crippen LogP) is 1.49. The summed E-state index contributed by atoms with van der Waals surface area (Å²) in [7, 11) is 1.84. The van der Waals surface area contributed by atoms with Crippen molar-refractivity contribution in [1.82, 2.24) is 15.1 Å². The molecule has 1 aliphatic carbocycles. The lowest BCUT2D eigenvalue weighted by Crippen LogP contribution is -2.40. The summed E-state index contributed by atoms with van der Waals surface area (Å²) in [6, 6.07) is 0. The zero-order chi connectivity index (χ0) is 14.4. The zero-order valence-corrected chi connectivity index (χ0v) is 12.0. The fourth-order valence-corrected chi connectivity index (χ4v) is 2.72. The highest BCUT2D eigenvalue weighted by Gasteiger charge is 2.31. The first kappa shape index (κ1) is 14.8. The molecule has 1 fully saturated rings. The van der Waals surface area contributed by atoms with Crippen LogP contribution in [0.25, 0.3) is 6.08 Å². The van der Waals surface area contributed by atoms with Gasteiger partial charge in [-0.2, -0.15) is 5.10 Å². The Kier molecular flexibility index (Phi) is 4.95. The number of carbonyl (C=O) groups excluding carboxylic acids is 1. The van der Waals surface area contributed by atoms with E-state index in [-0.39, 0.29) is 17.9 Å². The van der Waals surface area contributed by atoms with Gasteiger partial charge in [-0.05, 0) is 18.9 Å². The van der Waals surface area contributed by atoms with Crippen LogP contribution in [0.2, 0.25) is 0 Å². The molecule has 1 aromatic heterocycles. The van der Waals surface area contributed by atoms with E-state index in [1.54, 1.807) is 17.0 Å². The summed E-state index contributed by atoms with van der Waals surface area (Å²) >= 11 is 0. The van der Waals surface area contributed by atoms with Crippen LogP contribution < -0.4 is 5.32 Å². The molecule has 1 heterocycles. The van der Waals surface area contributed by atoms with Gasteiger partial charge in [-0.1, -0.05) is 19.3 Å². The standard InChI is InChI=1S/C15H23N3O2/c1-18-10-13(9-17-18)5-6-14(20)16-11-15(12-19)7-3-2-4-8-15/h5-6,9-10,19H,2-4,7-8,11-12H2,1H3,(H,16,20)/b6-5+. The van der Waals surface area contributed by atoms with E-state index in [2.05, 4.69) is 10.4 Å². The molecule has 1 aliphatic rings. The van der Waals surface area contributed by atoms with Gasteiger partial charge in [-0.25, -0.2) is 0 Å². The Balaban J connectivity index is 1.83. The topological polar surface area (TPSA) is 67.2 Å².